The number of benzene rings is 2. The second-order valence-corrected chi connectivity index (χ2v) is 10.6. The lowest BCUT2D eigenvalue weighted by molar-refractivity contribution is -0.138. The second kappa shape index (κ2) is 8.83. The summed E-state index contributed by atoms with van der Waals surface area (Å²) in [6, 6.07) is 12.2. The third-order valence-electron chi connectivity index (χ3n) is 7.32. The summed E-state index contributed by atoms with van der Waals surface area (Å²) in [6.07, 6.45) is 2.24. The molecule has 8 nitrogen and oxygen atoms in total. The number of amides is 2. The van der Waals surface area contributed by atoms with Gasteiger partial charge in [-0.2, -0.15) is 0 Å². The van der Waals surface area contributed by atoms with E-state index in [1.807, 2.05) is 39.0 Å². The maximum atomic E-state index is 13.6. The van der Waals surface area contributed by atoms with E-state index < -0.39 is 5.97 Å². The van der Waals surface area contributed by atoms with E-state index in [1.54, 1.807) is 6.92 Å². The van der Waals surface area contributed by atoms with E-state index in [1.165, 1.54) is 16.9 Å². The molecule has 3 aliphatic rings. The molecule has 0 saturated heterocycles. The third kappa shape index (κ3) is 3.79. The van der Waals surface area contributed by atoms with Gasteiger partial charge in [-0.1, -0.05) is 24.3 Å². The maximum absolute atomic E-state index is 13.6. The molecular formula is C27H26N4O4S. The molecule has 0 aliphatic carbocycles. The van der Waals surface area contributed by atoms with Gasteiger partial charge in [-0.25, -0.2) is 4.98 Å². The van der Waals surface area contributed by atoms with E-state index >= 15 is 0 Å². The number of thiazole rings is 1. The van der Waals surface area contributed by atoms with Gasteiger partial charge in [0, 0.05) is 55.8 Å². The summed E-state index contributed by atoms with van der Waals surface area (Å²) in [4.78, 5) is 47.9. The van der Waals surface area contributed by atoms with Crippen molar-refractivity contribution < 1.29 is 19.5 Å². The van der Waals surface area contributed by atoms with Gasteiger partial charge in [0.25, 0.3) is 5.91 Å². The SMILES string of the molecule is CC(=O)N1CCc2c(-c3cccc4c3CCN4C(=O)c3nc4c(s3)CN(CC(=O)O)CC4)cccc21. The largest absolute Gasteiger partial charge is 0.480 e. The molecule has 184 valence electrons. The summed E-state index contributed by atoms with van der Waals surface area (Å²) in [5.41, 5.74) is 7.39. The summed E-state index contributed by atoms with van der Waals surface area (Å²) >= 11 is 1.38. The molecule has 1 aromatic heterocycles. The average Bonchev–Trinajstić information content (AvgIpc) is 3.58. The highest BCUT2D eigenvalue weighted by atomic mass is 32.1. The van der Waals surface area contributed by atoms with Crippen molar-refractivity contribution in [1.82, 2.24) is 9.88 Å². The van der Waals surface area contributed by atoms with Crippen LogP contribution in [0.3, 0.4) is 0 Å². The molecule has 3 aromatic rings. The number of aliphatic carboxylic acids is 1. The molecule has 6 rings (SSSR count). The van der Waals surface area contributed by atoms with Crippen molar-refractivity contribution in [3.05, 3.63) is 63.1 Å². The average molecular weight is 503 g/mol. The molecule has 0 radical (unpaired) electrons. The van der Waals surface area contributed by atoms with Crippen LogP contribution < -0.4 is 9.80 Å². The van der Waals surface area contributed by atoms with Gasteiger partial charge in [0.15, 0.2) is 5.01 Å². The lowest BCUT2D eigenvalue weighted by Gasteiger charge is -2.23. The lowest BCUT2D eigenvalue weighted by Crippen LogP contribution is -2.34. The van der Waals surface area contributed by atoms with E-state index in [9.17, 15) is 14.4 Å². The lowest BCUT2D eigenvalue weighted by atomic mass is 9.93. The van der Waals surface area contributed by atoms with Gasteiger partial charge in [0.05, 0.1) is 12.2 Å². The molecule has 3 aliphatic heterocycles. The molecule has 0 unspecified atom stereocenters. The van der Waals surface area contributed by atoms with Crippen molar-refractivity contribution in [2.24, 2.45) is 0 Å². The van der Waals surface area contributed by atoms with Crippen LogP contribution >= 0.6 is 11.3 Å². The van der Waals surface area contributed by atoms with E-state index in [0.717, 1.165) is 51.5 Å². The van der Waals surface area contributed by atoms with Crippen LogP contribution in [0, 0.1) is 0 Å². The molecule has 0 spiro atoms. The molecular weight excluding hydrogens is 476 g/mol. The normalized spacial score (nSPS) is 16.6. The molecule has 0 fully saturated rings. The predicted octanol–water partition coefficient (Wildman–Crippen LogP) is 3.36. The van der Waals surface area contributed by atoms with Crippen molar-refractivity contribution in [2.75, 3.05) is 36.0 Å². The van der Waals surface area contributed by atoms with Crippen LogP contribution in [0.1, 0.15) is 38.4 Å². The molecule has 36 heavy (non-hydrogen) atoms. The van der Waals surface area contributed by atoms with Crippen molar-refractivity contribution >= 4 is 40.5 Å². The topological polar surface area (TPSA) is 94.1 Å². The Hall–Kier alpha value is -3.56. The molecule has 2 amide bonds. The Balaban J connectivity index is 1.30. The van der Waals surface area contributed by atoms with Gasteiger partial charge < -0.3 is 14.9 Å². The summed E-state index contributed by atoms with van der Waals surface area (Å²) < 4.78 is 0. The van der Waals surface area contributed by atoms with E-state index in [-0.39, 0.29) is 18.4 Å². The predicted molar refractivity (Wildman–Crippen MR) is 138 cm³/mol. The third-order valence-corrected chi connectivity index (χ3v) is 8.39. The number of fused-ring (bicyclic) bond motifs is 3. The smallest absolute Gasteiger partial charge is 0.317 e. The zero-order chi connectivity index (χ0) is 25.0. The standard InChI is InChI=1S/C27H26N4O4S/c1-16(32)30-12-8-19-17(4-2-6-22(19)30)18-5-3-7-23-20(18)9-13-31(23)27(35)26-28-21-10-11-29(15-25(33)34)14-24(21)36-26/h2-7H,8-15H2,1H3,(H,33,34). The second-order valence-electron chi connectivity index (χ2n) is 9.48. The van der Waals surface area contributed by atoms with Gasteiger partial charge in [-0.3, -0.25) is 19.3 Å². The molecule has 9 heteroatoms. The first-order valence-corrected chi connectivity index (χ1v) is 13.0. The van der Waals surface area contributed by atoms with Crippen LogP contribution in [0.2, 0.25) is 0 Å². The summed E-state index contributed by atoms with van der Waals surface area (Å²) in [6.45, 7) is 4.04. The number of carbonyl (C=O) groups excluding carboxylic acids is 2. The monoisotopic (exact) mass is 502 g/mol. The van der Waals surface area contributed by atoms with Crippen LogP contribution in [0.5, 0.6) is 0 Å². The number of hydrogen-bond donors (Lipinski definition) is 1. The number of rotatable bonds is 4. The minimum Gasteiger partial charge on any atom is -0.480 e. The number of carboxylic acids is 1. The Kier molecular flexibility index (Phi) is 5.61. The molecule has 0 bridgehead atoms. The maximum Gasteiger partial charge on any atom is 0.317 e. The van der Waals surface area contributed by atoms with E-state index in [0.29, 0.717) is 37.6 Å². The Bertz CT molecular complexity index is 1410. The highest BCUT2D eigenvalue weighted by Gasteiger charge is 2.32. The highest BCUT2D eigenvalue weighted by Crippen LogP contribution is 2.42. The van der Waals surface area contributed by atoms with Crippen molar-refractivity contribution in [2.45, 2.75) is 32.7 Å². The van der Waals surface area contributed by atoms with Gasteiger partial charge in [0.2, 0.25) is 5.91 Å². The number of hydrogen-bond acceptors (Lipinski definition) is 6. The first kappa shape index (κ1) is 22.9. The van der Waals surface area contributed by atoms with Gasteiger partial charge >= 0.3 is 5.97 Å². The van der Waals surface area contributed by atoms with Crippen LogP contribution in [0.25, 0.3) is 11.1 Å². The number of anilines is 2. The summed E-state index contributed by atoms with van der Waals surface area (Å²) in [7, 11) is 0. The number of carboxylic acid groups (broad SMARTS) is 1. The van der Waals surface area contributed by atoms with Crippen molar-refractivity contribution in [3.8, 4) is 11.1 Å². The first-order valence-electron chi connectivity index (χ1n) is 12.2. The number of carbonyl (C=O) groups is 3. The van der Waals surface area contributed by atoms with Crippen molar-refractivity contribution in [1.29, 1.82) is 0 Å². The number of nitrogens with zero attached hydrogens (tertiary/aromatic N) is 4. The minimum absolute atomic E-state index is 0.00371. The van der Waals surface area contributed by atoms with Gasteiger partial charge in [0.1, 0.15) is 0 Å². The molecule has 1 N–H and O–H groups in total. The molecule has 0 saturated carbocycles. The van der Waals surface area contributed by atoms with Crippen molar-refractivity contribution in [3.63, 3.8) is 0 Å². The quantitative estimate of drug-likeness (QED) is 0.588. The molecule has 4 heterocycles. The van der Waals surface area contributed by atoms with Crippen LogP contribution in [-0.2, 0) is 35.4 Å². The number of aromatic nitrogens is 1. The summed E-state index contributed by atoms with van der Waals surface area (Å²) in [5.74, 6) is -0.892. The highest BCUT2D eigenvalue weighted by molar-refractivity contribution is 7.13. The molecule has 0 atom stereocenters. The Morgan fingerprint density at radius 1 is 0.917 bits per heavy atom. The summed E-state index contributed by atoms with van der Waals surface area (Å²) in [5, 5.41) is 9.57. The van der Waals surface area contributed by atoms with Crippen LogP contribution in [-0.4, -0.2) is 59.0 Å². The van der Waals surface area contributed by atoms with E-state index in [2.05, 4.69) is 17.1 Å². The fourth-order valence-corrected chi connectivity index (χ4v) is 6.79. The Morgan fingerprint density at radius 2 is 1.56 bits per heavy atom. The zero-order valence-electron chi connectivity index (χ0n) is 20.0. The molecule has 2 aromatic carbocycles. The fourth-order valence-electron chi connectivity index (χ4n) is 5.69. The first-order chi connectivity index (χ1) is 17.4. The van der Waals surface area contributed by atoms with Gasteiger partial charge in [-0.15, -0.1) is 11.3 Å². The van der Waals surface area contributed by atoms with Crippen LogP contribution in [0.4, 0.5) is 11.4 Å². The zero-order valence-corrected chi connectivity index (χ0v) is 20.8. The van der Waals surface area contributed by atoms with Crippen LogP contribution in [0.15, 0.2) is 36.4 Å². The fraction of sp³-hybridized carbons (Fsp3) is 0.333. The Morgan fingerprint density at radius 3 is 2.19 bits per heavy atom. The van der Waals surface area contributed by atoms with E-state index in [4.69, 9.17) is 5.11 Å². The minimum atomic E-state index is -0.846. The Labute approximate surface area is 212 Å². The van der Waals surface area contributed by atoms with Gasteiger partial charge in [-0.05, 0) is 47.2 Å².